The first kappa shape index (κ1) is 13.6. The lowest BCUT2D eigenvalue weighted by molar-refractivity contribution is 0.214. The second-order valence-electron chi connectivity index (χ2n) is 5.81. The predicted molar refractivity (Wildman–Crippen MR) is 78.0 cm³/mol. The van der Waals surface area contributed by atoms with Gasteiger partial charge < -0.3 is 9.80 Å². The van der Waals surface area contributed by atoms with Crippen LogP contribution in [-0.2, 0) is 0 Å². The minimum Gasteiger partial charge on any atom is -0.304 e. The lowest BCUT2D eigenvalue weighted by atomic mass is 10.0. The summed E-state index contributed by atoms with van der Waals surface area (Å²) in [5.41, 5.74) is 1.45. The highest BCUT2D eigenvalue weighted by atomic mass is 15.2. The van der Waals surface area contributed by atoms with Gasteiger partial charge in [-0.25, -0.2) is 0 Å². The van der Waals surface area contributed by atoms with E-state index >= 15 is 0 Å². The Morgan fingerprint density at radius 2 is 2.06 bits per heavy atom. The molecule has 1 aromatic rings. The van der Waals surface area contributed by atoms with Crippen molar-refractivity contribution in [3.8, 4) is 0 Å². The summed E-state index contributed by atoms with van der Waals surface area (Å²) in [5, 5.41) is 0. The van der Waals surface area contributed by atoms with Crippen LogP contribution in [0.2, 0.25) is 0 Å². The fraction of sp³-hybridized carbons (Fsp3) is 0.625. The fourth-order valence-corrected chi connectivity index (χ4v) is 3.00. The lowest BCUT2D eigenvalue weighted by Gasteiger charge is -2.27. The number of likely N-dealkylation sites (N-methyl/N-ethyl adjacent to an activating group) is 2. The number of likely N-dealkylation sites (tertiary alicyclic amines) is 1. The zero-order valence-corrected chi connectivity index (χ0v) is 12.0. The van der Waals surface area contributed by atoms with Crippen LogP contribution in [-0.4, -0.2) is 49.6 Å². The summed E-state index contributed by atoms with van der Waals surface area (Å²) in [6.07, 6.45) is 2.73. The summed E-state index contributed by atoms with van der Waals surface area (Å²) in [6.45, 7) is 5.94. The minimum atomic E-state index is 0.614. The van der Waals surface area contributed by atoms with Gasteiger partial charge in [0.15, 0.2) is 0 Å². The Hall–Kier alpha value is -0.860. The van der Waals surface area contributed by atoms with Crippen LogP contribution in [0.1, 0.15) is 31.2 Å². The molecular weight excluding hydrogens is 220 g/mol. The van der Waals surface area contributed by atoms with Crippen LogP contribution in [0.5, 0.6) is 0 Å². The van der Waals surface area contributed by atoms with Crippen molar-refractivity contribution in [1.82, 2.24) is 9.80 Å². The Bertz CT molecular complexity index is 349. The third-order valence-electron chi connectivity index (χ3n) is 4.15. The molecule has 0 aromatic heterocycles. The molecule has 2 rings (SSSR count). The average molecular weight is 246 g/mol. The molecule has 0 spiro atoms. The summed E-state index contributed by atoms with van der Waals surface area (Å²) in [6, 6.07) is 11.6. The summed E-state index contributed by atoms with van der Waals surface area (Å²) < 4.78 is 0. The van der Waals surface area contributed by atoms with E-state index in [2.05, 4.69) is 61.2 Å². The van der Waals surface area contributed by atoms with Gasteiger partial charge in [-0.3, -0.25) is 0 Å². The molecule has 0 radical (unpaired) electrons. The Morgan fingerprint density at radius 3 is 2.67 bits per heavy atom. The number of hydrogen-bond donors (Lipinski definition) is 0. The predicted octanol–water partition coefficient (Wildman–Crippen LogP) is 2.82. The van der Waals surface area contributed by atoms with E-state index in [0.717, 1.165) is 12.6 Å². The van der Waals surface area contributed by atoms with E-state index in [0.29, 0.717) is 5.92 Å². The van der Waals surface area contributed by atoms with Crippen LogP contribution >= 0.6 is 0 Å². The summed E-state index contributed by atoms with van der Waals surface area (Å²) in [5.74, 6) is 0.614. The van der Waals surface area contributed by atoms with Crippen LogP contribution in [0.4, 0.5) is 0 Å². The van der Waals surface area contributed by atoms with Crippen molar-refractivity contribution in [1.29, 1.82) is 0 Å². The number of nitrogens with zero attached hydrogens (tertiary/aromatic N) is 2. The van der Waals surface area contributed by atoms with E-state index in [1.807, 2.05) is 0 Å². The van der Waals surface area contributed by atoms with Crippen molar-refractivity contribution in [3.63, 3.8) is 0 Å². The van der Waals surface area contributed by atoms with Gasteiger partial charge in [0, 0.05) is 19.1 Å². The second kappa shape index (κ2) is 6.35. The van der Waals surface area contributed by atoms with Crippen molar-refractivity contribution in [3.05, 3.63) is 35.9 Å². The van der Waals surface area contributed by atoms with Gasteiger partial charge in [-0.2, -0.15) is 0 Å². The topological polar surface area (TPSA) is 6.48 Å². The highest BCUT2D eigenvalue weighted by molar-refractivity contribution is 5.18. The standard InChI is InChI=1S/C16H26N2/c1-14(15-8-5-4-6-9-15)12-17(2)13-16-10-7-11-18(16)3/h4-6,8-9,14,16H,7,10-13H2,1-3H3/t14-,16+/m1/s1. The SMILES string of the molecule is C[C@H](CN(C)C[C@@H]1CCCN1C)c1ccccc1. The van der Waals surface area contributed by atoms with Crippen molar-refractivity contribution < 1.29 is 0 Å². The monoisotopic (exact) mass is 246 g/mol. The normalized spacial score (nSPS) is 22.6. The van der Waals surface area contributed by atoms with Gasteiger partial charge in [0.05, 0.1) is 0 Å². The molecule has 2 heteroatoms. The molecule has 100 valence electrons. The largest absolute Gasteiger partial charge is 0.304 e. The molecule has 1 heterocycles. The molecule has 0 N–H and O–H groups in total. The van der Waals surface area contributed by atoms with Gasteiger partial charge in [0.25, 0.3) is 0 Å². The zero-order chi connectivity index (χ0) is 13.0. The van der Waals surface area contributed by atoms with Crippen LogP contribution in [0.15, 0.2) is 30.3 Å². The molecule has 1 saturated heterocycles. The summed E-state index contributed by atoms with van der Waals surface area (Å²) in [4.78, 5) is 4.99. The molecule has 1 aliphatic heterocycles. The third-order valence-corrected chi connectivity index (χ3v) is 4.15. The first-order valence-corrected chi connectivity index (χ1v) is 7.10. The maximum atomic E-state index is 2.50. The first-order valence-electron chi connectivity index (χ1n) is 7.10. The van der Waals surface area contributed by atoms with E-state index in [-0.39, 0.29) is 0 Å². The molecule has 18 heavy (non-hydrogen) atoms. The molecule has 0 unspecified atom stereocenters. The van der Waals surface area contributed by atoms with E-state index in [1.54, 1.807) is 0 Å². The molecule has 1 fully saturated rings. The number of benzene rings is 1. The van der Waals surface area contributed by atoms with Crippen molar-refractivity contribution >= 4 is 0 Å². The van der Waals surface area contributed by atoms with E-state index in [9.17, 15) is 0 Å². The number of hydrogen-bond acceptors (Lipinski definition) is 2. The Morgan fingerprint density at radius 1 is 1.33 bits per heavy atom. The molecule has 0 bridgehead atoms. The number of rotatable bonds is 5. The Labute approximate surface area is 112 Å². The van der Waals surface area contributed by atoms with E-state index < -0.39 is 0 Å². The summed E-state index contributed by atoms with van der Waals surface area (Å²) in [7, 11) is 4.51. The molecule has 0 aliphatic carbocycles. The van der Waals surface area contributed by atoms with Crippen molar-refractivity contribution in [2.24, 2.45) is 0 Å². The van der Waals surface area contributed by atoms with Gasteiger partial charge in [-0.1, -0.05) is 37.3 Å². The average Bonchev–Trinajstić information content (AvgIpc) is 2.76. The molecule has 2 atom stereocenters. The van der Waals surface area contributed by atoms with E-state index in [4.69, 9.17) is 0 Å². The molecule has 0 saturated carbocycles. The van der Waals surface area contributed by atoms with E-state index in [1.165, 1.54) is 31.5 Å². The molecule has 1 aromatic carbocycles. The first-order chi connectivity index (χ1) is 8.66. The molecule has 2 nitrogen and oxygen atoms in total. The van der Waals surface area contributed by atoms with Crippen LogP contribution in [0.25, 0.3) is 0 Å². The van der Waals surface area contributed by atoms with Gasteiger partial charge in [0.1, 0.15) is 0 Å². The van der Waals surface area contributed by atoms with Crippen molar-refractivity contribution in [2.75, 3.05) is 33.7 Å². The van der Waals surface area contributed by atoms with Crippen LogP contribution in [0.3, 0.4) is 0 Å². The molecule has 0 amide bonds. The molecular formula is C16H26N2. The highest BCUT2D eigenvalue weighted by Gasteiger charge is 2.22. The third kappa shape index (κ3) is 3.56. The van der Waals surface area contributed by atoms with Crippen molar-refractivity contribution in [2.45, 2.75) is 31.7 Å². The zero-order valence-electron chi connectivity index (χ0n) is 12.0. The van der Waals surface area contributed by atoms with Gasteiger partial charge in [-0.05, 0) is 45.0 Å². The van der Waals surface area contributed by atoms with Gasteiger partial charge in [-0.15, -0.1) is 0 Å². The lowest BCUT2D eigenvalue weighted by Crippen LogP contribution is -2.38. The fourth-order valence-electron chi connectivity index (χ4n) is 3.00. The maximum absolute atomic E-state index is 2.50. The minimum absolute atomic E-state index is 0.614. The second-order valence-corrected chi connectivity index (χ2v) is 5.81. The summed E-state index contributed by atoms with van der Waals surface area (Å²) >= 11 is 0. The smallest absolute Gasteiger partial charge is 0.0220 e. The highest BCUT2D eigenvalue weighted by Crippen LogP contribution is 2.18. The van der Waals surface area contributed by atoms with Gasteiger partial charge in [0.2, 0.25) is 0 Å². The maximum Gasteiger partial charge on any atom is 0.0220 e. The van der Waals surface area contributed by atoms with Gasteiger partial charge >= 0.3 is 0 Å². The Balaban J connectivity index is 1.82. The van der Waals surface area contributed by atoms with Crippen LogP contribution < -0.4 is 0 Å². The Kier molecular flexibility index (Phi) is 4.79. The molecule has 1 aliphatic rings. The van der Waals surface area contributed by atoms with Crippen LogP contribution in [0, 0.1) is 0 Å². The quantitative estimate of drug-likeness (QED) is 0.788.